The first-order valence-electron chi connectivity index (χ1n) is 4.57. The minimum absolute atomic E-state index is 0.0781. The Balaban J connectivity index is 3.07. The van der Waals surface area contributed by atoms with E-state index in [4.69, 9.17) is 4.74 Å². The van der Waals surface area contributed by atoms with E-state index in [1.54, 1.807) is 6.07 Å². The number of rotatable bonds is 3. The van der Waals surface area contributed by atoms with Gasteiger partial charge in [-0.3, -0.25) is 0 Å². The van der Waals surface area contributed by atoms with Gasteiger partial charge in [0.25, 0.3) is 0 Å². The van der Waals surface area contributed by atoms with Crippen LogP contribution in [0, 0.1) is 11.7 Å². The van der Waals surface area contributed by atoms with Gasteiger partial charge in [0.15, 0.2) is 0 Å². The monoisotopic (exact) mass is 198 g/mol. The van der Waals surface area contributed by atoms with Crippen LogP contribution in [0.4, 0.5) is 4.39 Å². The number of hydrogen-bond acceptors (Lipinski definition) is 2. The molecule has 1 rings (SSSR count). The Morgan fingerprint density at radius 2 is 2.00 bits per heavy atom. The van der Waals surface area contributed by atoms with Gasteiger partial charge in [0.05, 0.1) is 13.2 Å². The number of halogens is 1. The van der Waals surface area contributed by atoms with Gasteiger partial charge in [-0.2, -0.15) is 0 Å². The van der Waals surface area contributed by atoms with Gasteiger partial charge >= 0.3 is 0 Å². The molecule has 0 saturated heterocycles. The fraction of sp³-hybridized carbons (Fsp3) is 0.455. The quantitative estimate of drug-likeness (QED) is 0.808. The Hall–Kier alpha value is -1.09. The predicted octanol–water partition coefficient (Wildman–Crippen LogP) is 2.52. The summed E-state index contributed by atoms with van der Waals surface area (Å²) in [5.41, 5.74) is 0.629. The van der Waals surface area contributed by atoms with Gasteiger partial charge in [-0.05, 0) is 18.1 Å². The maximum Gasteiger partial charge on any atom is 0.127 e. The molecule has 0 heterocycles. The largest absolute Gasteiger partial charge is 0.496 e. The number of benzene rings is 1. The SMILES string of the molecule is COc1cc(F)ccc1[C@@H](O)C(C)C. The van der Waals surface area contributed by atoms with Crippen LogP contribution < -0.4 is 4.74 Å². The minimum Gasteiger partial charge on any atom is -0.496 e. The van der Waals surface area contributed by atoms with Crippen molar-refractivity contribution in [1.29, 1.82) is 0 Å². The van der Waals surface area contributed by atoms with Crippen molar-refractivity contribution in [1.82, 2.24) is 0 Å². The zero-order valence-corrected chi connectivity index (χ0v) is 8.62. The van der Waals surface area contributed by atoms with E-state index in [9.17, 15) is 9.50 Å². The summed E-state index contributed by atoms with van der Waals surface area (Å²) in [6.07, 6.45) is -0.620. The van der Waals surface area contributed by atoms with E-state index >= 15 is 0 Å². The Morgan fingerprint density at radius 1 is 1.36 bits per heavy atom. The highest BCUT2D eigenvalue weighted by atomic mass is 19.1. The summed E-state index contributed by atoms with van der Waals surface area (Å²) >= 11 is 0. The number of hydrogen-bond donors (Lipinski definition) is 1. The third-order valence-electron chi connectivity index (χ3n) is 2.15. The van der Waals surface area contributed by atoms with Crippen molar-refractivity contribution in [3.63, 3.8) is 0 Å². The topological polar surface area (TPSA) is 29.5 Å². The van der Waals surface area contributed by atoms with Crippen LogP contribution in [0.3, 0.4) is 0 Å². The third-order valence-corrected chi connectivity index (χ3v) is 2.15. The second kappa shape index (κ2) is 4.42. The molecule has 1 N–H and O–H groups in total. The fourth-order valence-corrected chi connectivity index (χ4v) is 1.29. The van der Waals surface area contributed by atoms with Crippen molar-refractivity contribution in [2.75, 3.05) is 7.11 Å². The van der Waals surface area contributed by atoms with Crippen LogP contribution in [0.25, 0.3) is 0 Å². The number of aliphatic hydroxyl groups is 1. The molecule has 14 heavy (non-hydrogen) atoms. The predicted molar refractivity (Wildman–Crippen MR) is 52.7 cm³/mol. The Morgan fingerprint density at radius 3 is 2.50 bits per heavy atom. The fourth-order valence-electron chi connectivity index (χ4n) is 1.29. The van der Waals surface area contributed by atoms with Gasteiger partial charge in [-0.1, -0.05) is 13.8 Å². The highest BCUT2D eigenvalue weighted by molar-refractivity contribution is 5.35. The first-order valence-corrected chi connectivity index (χ1v) is 4.57. The molecule has 78 valence electrons. The van der Waals surface area contributed by atoms with E-state index in [0.29, 0.717) is 11.3 Å². The second-order valence-corrected chi connectivity index (χ2v) is 3.58. The van der Waals surface area contributed by atoms with Crippen molar-refractivity contribution in [2.45, 2.75) is 20.0 Å². The lowest BCUT2D eigenvalue weighted by atomic mass is 9.98. The molecule has 0 unspecified atom stereocenters. The summed E-state index contributed by atoms with van der Waals surface area (Å²) in [5, 5.41) is 9.80. The summed E-state index contributed by atoms with van der Waals surface area (Å²) in [6.45, 7) is 3.79. The van der Waals surface area contributed by atoms with Crippen LogP contribution >= 0.6 is 0 Å². The molecule has 1 atom stereocenters. The maximum absolute atomic E-state index is 12.8. The second-order valence-electron chi connectivity index (χ2n) is 3.58. The van der Waals surface area contributed by atoms with E-state index in [1.807, 2.05) is 13.8 Å². The van der Waals surface area contributed by atoms with E-state index < -0.39 is 6.10 Å². The molecular formula is C11H15FO2. The molecule has 0 aliphatic heterocycles. The van der Waals surface area contributed by atoms with Crippen molar-refractivity contribution < 1.29 is 14.2 Å². The summed E-state index contributed by atoms with van der Waals surface area (Å²) in [5.74, 6) is 0.113. The van der Waals surface area contributed by atoms with Crippen molar-refractivity contribution in [3.8, 4) is 5.75 Å². The average Bonchev–Trinajstić information content (AvgIpc) is 2.16. The normalized spacial score (nSPS) is 13.0. The van der Waals surface area contributed by atoms with Gasteiger partial charge in [-0.25, -0.2) is 4.39 Å². The number of aliphatic hydroxyl groups excluding tert-OH is 1. The maximum atomic E-state index is 12.8. The van der Waals surface area contributed by atoms with Gasteiger partial charge < -0.3 is 9.84 Å². The molecule has 0 saturated carbocycles. The van der Waals surface area contributed by atoms with Crippen LogP contribution in [0.2, 0.25) is 0 Å². The molecule has 0 aliphatic carbocycles. The van der Waals surface area contributed by atoms with Crippen molar-refractivity contribution >= 4 is 0 Å². The van der Waals surface area contributed by atoms with Gasteiger partial charge in [0.2, 0.25) is 0 Å². The minimum atomic E-state index is -0.620. The lowest BCUT2D eigenvalue weighted by Crippen LogP contribution is -2.07. The first-order chi connectivity index (χ1) is 6.56. The lowest BCUT2D eigenvalue weighted by molar-refractivity contribution is 0.123. The zero-order chi connectivity index (χ0) is 10.7. The van der Waals surface area contributed by atoms with Gasteiger partial charge in [0.1, 0.15) is 11.6 Å². The zero-order valence-electron chi connectivity index (χ0n) is 8.62. The standard InChI is InChI=1S/C11H15FO2/c1-7(2)11(13)9-5-4-8(12)6-10(9)14-3/h4-7,11,13H,1-3H3/t11-/m0/s1. The Bertz CT molecular complexity index is 310. The van der Waals surface area contributed by atoms with E-state index in [-0.39, 0.29) is 11.7 Å². The molecule has 3 heteroatoms. The third kappa shape index (κ3) is 2.23. The molecule has 1 aromatic carbocycles. The van der Waals surface area contributed by atoms with Crippen LogP contribution in [0.1, 0.15) is 25.5 Å². The van der Waals surface area contributed by atoms with E-state index in [1.165, 1.54) is 19.2 Å². The molecular weight excluding hydrogens is 183 g/mol. The molecule has 0 radical (unpaired) electrons. The summed E-state index contributed by atoms with van der Waals surface area (Å²) in [7, 11) is 1.46. The van der Waals surface area contributed by atoms with Crippen LogP contribution in [-0.4, -0.2) is 12.2 Å². The Labute approximate surface area is 83.3 Å². The van der Waals surface area contributed by atoms with Crippen molar-refractivity contribution in [2.24, 2.45) is 5.92 Å². The number of methoxy groups -OCH3 is 1. The highest BCUT2D eigenvalue weighted by Gasteiger charge is 2.16. The lowest BCUT2D eigenvalue weighted by Gasteiger charge is -2.17. The van der Waals surface area contributed by atoms with Crippen LogP contribution in [-0.2, 0) is 0 Å². The van der Waals surface area contributed by atoms with Crippen LogP contribution in [0.15, 0.2) is 18.2 Å². The van der Waals surface area contributed by atoms with Gasteiger partial charge in [0, 0.05) is 11.6 Å². The Kier molecular flexibility index (Phi) is 3.47. The molecule has 0 spiro atoms. The molecule has 0 bridgehead atoms. The molecule has 1 aromatic rings. The average molecular weight is 198 g/mol. The molecule has 2 nitrogen and oxygen atoms in total. The van der Waals surface area contributed by atoms with Gasteiger partial charge in [-0.15, -0.1) is 0 Å². The summed E-state index contributed by atoms with van der Waals surface area (Å²) in [4.78, 5) is 0. The first kappa shape index (κ1) is 11.0. The molecule has 0 fully saturated rings. The van der Waals surface area contributed by atoms with E-state index in [0.717, 1.165) is 0 Å². The molecule has 0 amide bonds. The summed E-state index contributed by atoms with van der Waals surface area (Å²) in [6, 6.07) is 4.16. The smallest absolute Gasteiger partial charge is 0.127 e. The van der Waals surface area contributed by atoms with E-state index in [2.05, 4.69) is 0 Å². The van der Waals surface area contributed by atoms with Crippen LogP contribution in [0.5, 0.6) is 5.75 Å². The number of ether oxygens (including phenoxy) is 1. The highest BCUT2D eigenvalue weighted by Crippen LogP contribution is 2.30. The van der Waals surface area contributed by atoms with Crippen molar-refractivity contribution in [3.05, 3.63) is 29.6 Å². The summed E-state index contributed by atoms with van der Waals surface area (Å²) < 4.78 is 17.8. The molecule has 0 aliphatic rings. The molecule has 0 aromatic heterocycles.